The second-order valence-electron chi connectivity index (χ2n) is 11.2. The van der Waals surface area contributed by atoms with E-state index in [2.05, 4.69) is 16.3 Å². The van der Waals surface area contributed by atoms with E-state index in [-0.39, 0.29) is 35.5 Å². The molecule has 0 atom stereocenters. The maximum absolute atomic E-state index is 13.0. The zero-order valence-corrected chi connectivity index (χ0v) is 21.3. The van der Waals surface area contributed by atoms with Crippen LogP contribution in [-0.2, 0) is 17.5 Å². The van der Waals surface area contributed by atoms with Crippen molar-refractivity contribution >= 4 is 11.9 Å². The SMILES string of the molecule is CC(C)(C)OC(=O)N1CC2(CC(n3nc(-c4cnn(Cc5cccc(C(F)(F)F)c5)c4)c(C#N)c3N)C2)C1. The molecule has 12 heteroatoms. The molecule has 1 spiro atoms. The molecule has 3 heterocycles. The molecule has 3 aromatic rings. The Morgan fingerprint density at radius 2 is 1.97 bits per heavy atom. The molecule has 0 radical (unpaired) electrons. The molecule has 1 aromatic carbocycles. The van der Waals surface area contributed by atoms with Crippen LogP contribution in [0.4, 0.5) is 23.8 Å². The third-order valence-electron chi connectivity index (χ3n) is 6.95. The molecule has 9 nitrogen and oxygen atoms in total. The molecule has 38 heavy (non-hydrogen) atoms. The minimum Gasteiger partial charge on any atom is -0.444 e. The molecule has 1 aliphatic heterocycles. The van der Waals surface area contributed by atoms with Gasteiger partial charge in [-0.2, -0.15) is 28.6 Å². The highest BCUT2D eigenvalue weighted by molar-refractivity contribution is 5.72. The molecule has 1 saturated carbocycles. The molecule has 200 valence electrons. The van der Waals surface area contributed by atoms with Gasteiger partial charge in [-0.1, -0.05) is 12.1 Å². The average molecular weight is 528 g/mol. The number of carbonyl (C=O) groups excluding carboxylic acids is 1. The number of hydrogen-bond donors (Lipinski definition) is 1. The summed E-state index contributed by atoms with van der Waals surface area (Å²) in [5.41, 5.74) is 6.64. The normalized spacial score (nSPS) is 17.1. The van der Waals surface area contributed by atoms with Crippen LogP contribution in [0.1, 0.15) is 56.3 Å². The third kappa shape index (κ3) is 4.80. The first kappa shape index (κ1) is 25.6. The summed E-state index contributed by atoms with van der Waals surface area (Å²) in [6.45, 7) is 6.85. The van der Waals surface area contributed by atoms with Crippen molar-refractivity contribution in [2.75, 3.05) is 18.8 Å². The number of hydrogen-bond acceptors (Lipinski definition) is 6. The third-order valence-corrected chi connectivity index (χ3v) is 6.95. The molecule has 2 fully saturated rings. The van der Waals surface area contributed by atoms with Gasteiger partial charge < -0.3 is 15.4 Å². The summed E-state index contributed by atoms with van der Waals surface area (Å²) in [5, 5.41) is 18.7. The van der Waals surface area contributed by atoms with Crippen molar-refractivity contribution in [3.63, 3.8) is 0 Å². The molecular weight excluding hydrogens is 499 g/mol. The van der Waals surface area contributed by atoms with Crippen LogP contribution in [-0.4, -0.2) is 49.2 Å². The molecule has 0 bridgehead atoms. The van der Waals surface area contributed by atoms with Crippen molar-refractivity contribution in [2.45, 2.75) is 58.0 Å². The van der Waals surface area contributed by atoms with Gasteiger partial charge in [-0.05, 0) is 51.3 Å². The maximum Gasteiger partial charge on any atom is 0.416 e. The van der Waals surface area contributed by atoms with Gasteiger partial charge in [0.05, 0.1) is 24.3 Å². The standard InChI is InChI=1S/C26H28F3N7O2/c1-24(2,3)38-23(37)34-14-25(15-34)8-19(9-25)36-22(31)20(10-30)21(33-36)17-11-32-35(13-17)12-16-5-4-6-18(7-16)26(27,28)29/h4-7,11,13,19H,8-9,12,14-15,31H2,1-3H3. The lowest BCUT2D eigenvalue weighted by Gasteiger charge is -2.58. The van der Waals surface area contributed by atoms with Gasteiger partial charge in [-0.25, -0.2) is 9.48 Å². The number of ether oxygens (including phenoxy) is 1. The average Bonchev–Trinajstić information content (AvgIpc) is 3.34. The van der Waals surface area contributed by atoms with Crippen molar-refractivity contribution in [1.29, 1.82) is 5.26 Å². The minimum absolute atomic E-state index is 0.00274. The van der Waals surface area contributed by atoms with Crippen molar-refractivity contribution in [1.82, 2.24) is 24.5 Å². The number of carbonyl (C=O) groups is 1. The summed E-state index contributed by atoms with van der Waals surface area (Å²) in [6.07, 6.45) is -0.0333. The van der Waals surface area contributed by atoms with Crippen molar-refractivity contribution in [2.24, 2.45) is 5.41 Å². The monoisotopic (exact) mass is 527 g/mol. The zero-order chi connectivity index (χ0) is 27.5. The van der Waals surface area contributed by atoms with E-state index in [9.17, 15) is 23.2 Å². The quantitative estimate of drug-likeness (QED) is 0.519. The second kappa shape index (κ2) is 8.79. The summed E-state index contributed by atoms with van der Waals surface area (Å²) in [6, 6.07) is 7.19. The predicted octanol–water partition coefficient (Wildman–Crippen LogP) is 4.84. The molecule has 1 aliphatic carbocycles. The van der Waals surface area contributed by atoms with Crippen molar-refractivity contribution in [3.05, 3.63) is 53.3 Å². The molecule has 5 rings (SSSR count). The van der Waals surface area contributed by atoms with Crippen LogP contribution in [0.25, 0.3) is 11.3 Å². The van der Waals surface area contributed by atoms with E-state index in [4.69, 9.17) is 10.5 Å². The number of nitrogens with two attached hydrogens (primary N) is 1. The predicted molar refractivity (Wildman–Crippen MR) is 132 cm³/mol. The fourth-order valence-electron chi connectivity index (χ4n) is 5.23. The number of aromatic nitrogens is 4. The minimum atomic E-state index is -4.43. The fourth-order valence-corrected chi connectivity index (χ4v) is 5.23. The van der Waals surface area contributed by atoms with Crippen LogP contribution < -0.4 is 5.73 Å². The Labute approximate surface area is 217 Å². The smallest absolute Gasteiger partial charge is 0.416 e. The number of halogens is 3. The first-order chi connectivity index (χ1) is 17.8. The lowest BCUT2D eigenvalue weighted by atomic mass is 9.61. The van der Waals surface area contributed by atoms with Crippen LogP contribution in [0, 0.1) is 16.7 Å². The summed E-state index contributed by atoms with van der Waals surface area (Å²) in [7, 11) is 0. The van der Waals surface area contributed by atoms with Gasteiger partial charge in [0.15, 0.2) is 0 Å². The van der Waals surface area contributed by atoms with E-state index < -0.39 is 17.3 Å². The fraction of sp³-hybridized carbons (Fsp3) is 0.462. The summed E-state index contributed by atoms with van der Waals surface area (Å²) >= 11 is 0. The topological polar surface area (TPSA) is 115 Å². The second-order valence-corrected chi connectivity index (χ2v) is 11.2. The summed E-state index contributed by atoms with van der Waals surface area (Å²) < 4.78 is 47.7. The van der Waals surface area contributed by atoms with Gasteiger partial charge in [0.25, 0.3) is 0 Å². The molecule has 0 unspecified atom stereocenters. The van der Waals surface area contributed by atoms with Gasteiger partial charge in [-0.15, -0.1) is 0 Å². The number of rotatable bonds is 4. The van der Waals surface area contributed by atoms with E-state index >= 15 is 0 Å². The number of nitrogen functional groups attached to an aromatic ring is 1. The summed E-state index contributed by atoms with van der Waals surface area (Å²) in [5.74, 6) is 0.260. The Bertz CT molecular complexity index is 1410. The maximum atomic E-state index is 13.0. The molecule has 1 saturated heterocycles. The molecule has 2 aliphatic rings. The Morgan fingerprint density at radius 3 is 2.61 bits per heavy atom. The van der Waals surface area contributed by atoms with Crippen LogP contribution in [0.5, 0.6) is 0 Å². The van der Waals surface area contributed by atoms with E-state index in [1.165, 1.54) is 16.9 Å². The highest BCUT2D eigenvalue weighted by Gasteiger charge is 2.55. The van der Waals surface area contributed by atoms with Crippen LogP contribution >= 0.6 is 0 Å². The highest BCUT2D eigenvalue weighted by atomic mass is 19.4. The molecule has 1 amide bonds. The Balaban J connectivity index is 1.27. The number of alkyl halides is 3. The number of likely N-dealkylation sites (tertiary alicyclic amines) is 1. The van der Waals surface area contributed by atoms with E-state index in [1.54, 1.807) is 21.8 Å². The highest BCUT2D eigenvalue weighted by Crippen LogP contribution is 2.55. The Kier molecular flexibility index (Phi) is 5.93. The Hall–Kier alpha value is -4.01. The van der Waals surface area contributed by atoms with Gasteiger partial charge in [0.2, 0.25) is 0 Å². The van der Waals surface area contributed by atoms with E-state index in [0.29, 0.717) is 29.9 Å². The van der Waals surface area contributed by atoms with Gasteiger partial charge in [-0.3, -0.25) is 4.68 Å². The number of nitriles is 1. The number of benzene rings is 1. The largest absolute Gasteiger partial charge is 0.444 e. The lowest BCUT2D eigenvalue weighted by molar-refractivity contribution is -0.137. The first-order valence-corrected chi connectivity index (χ1v) is 12.2. The van der Waals surface area contributed by atoms with Gasteiger partial charge >= 0.3 is 12.3 Å². The van der Waals surface area contributed by atoms with Gasteiger partial charge in [0, 0.05) is 30.3 Å². The van der Waals surface area contributed by atoms with Gasteiger partial charge in [0.1, 0.15) is 28.7 Å². The Morgan fingerprint density at radius 1 is 1.26 bits per heavy atom. The molecule has 2 N–H and O–H groups in total. The number of anilines is 1. The van der Waals surface area contributed by atoms with Crippen molar-refractivity contribution < 1.29 is 22.7 Å². The zero-order valence-electron chi connectivity index (χ0n) is 21.3. The van der Waals surface area contributed by atoms with E-state index in [0.717, 1.165) is 25.0 Å². The van der Waals surface area contributed by atoms with Crippen molar-refractivity contribution in [3.8, 4) is 17.3 Å². The lowest BCUT2D eigenvalue weighted by Crippen LogP contribution is -2.64. The molecule has 2 aromatic heterocycles. The molecular formula is C26H28F3N7O2. The first-order valence-electron chi connectivity index (χ1n) is 12.2. The van der Waals surface area contributed by atoms with Crippen LogP contribution in [0.2, 0.25) is 0 Å². The summed E-state index contributed by atoms with van der Waals surface area (Å²) in [4.78, 5) is 14.0. The number of nitrogens with zero attached hydrogens (tertiary/aromatic N) is 6. The van der Waals surface area contributed by atoms with E-state index in [1.807, 2.05) is 20.8 Å². The van der Waals surface area contributed by atoms with Crippen LogP contribution in [0.3, 0.4) is 0 Å². The number of amides is 1. The van der Waals surface area contributed by atoms with Crippen LogP contribution in [0.15, 0.2) is 36.7 Å².